The monoisotopic (exact) mass is 411 g/mol. The Bertz CT molecular complexity index is 1090. The van der Waals surface area contributed by atoms with E-state index in [9.17, 15) is 9.90 Å². The van der Waals surface area contributed by atoms with E-state index in [0.717, 1.165) is 36.0 Å². The summed E-state index contributed by atoms with van der Waals surface area (Å²) < 4.78 is 5.78. The first-order valence-electron chi connectivity index (χ1n) is 10.2. The highest BCUT2D eigenvalue weighted by molar-refractivity contribution is 6.33. The number of hydrogen-bond donors (Lipinski definition) is 1. The van der Waals surface area contributed by atoms with E-state index in [1.165, 1.54) is 6.42 Å². The van der Waals surface area contributed by atoms with Gasteiger partial charge in [-0.05, 0) is 49.4 Å². The number of fused-ring (bicyclic) bond motifs is 1. The minimum Gasteiger partial charge on any atom is -0.506 e. The van der Waals surface area contributed by atoms with E-state index < -0.39 is 0 Å². The van der Waals surface area contributed by atoms with Gasteiger partial charge in [-0.3, -0.25) is 4.90 Å². The third-order valence-corrected chi connectivity index (χ3v) is 6.23. The first-order chi connectivity index (χ1) is 13.9. The van der Waals surface area contributed by atoms with Gasteiger partial charge in [-0.2, -0.15) is 0 Å². The lowest BCUT2D eigenvalue weighted by Crippen LogP contribution is -2.33. The minimum absolute atomic E-state index is 0.00996. The maximum Gasteiger partial charge on any atom is 0.340 e. The molecule has 1 atom stereocenters. The highest BCUT2D eigenvalue weighted by atomic mass is 35.5. The van der Waals surface area contributed by atoms with Gasteiger partial charge in [0.1, 0.15) is 11.3 Å². The fourth-order valence-electron chi connectivity index (χ4n) is 4.35. The van der Waals surface area contributed by atoms with Crippen LogP contribution in [0.5, 0.6) is 5.75 Å². The second-order valence-corrected chi connectivity index (χ2v) is 8.61. The third kappa shape index (κ3) is 4.05. The Morgan fingerprint density at radius 2 is 2.00 bits per heavy atom. The van der Waals surface area contributed by atoms with Crippen LogP contribution in [0.25, 0.3) is 11.0 Å². The van der Waals surface area contributed by atoms with Crippen molar-refractivity contribution in [3.8, 4) is 5.75 Å². The molecule has 1 fully saturated rings. The molecule has 0 spiro atoms. The zero-order valence-corrected chi connectivity index (χ0v) is 17.6. The van der Waals surface area contributed by atoms with Gasteiger partial charge in [-0.25, -0.2) is 4.79 Å². The molecule has 0 unspecified atom stereocenters. The number of hydrogen-bond acceptors (Lipinski definition) is 4. The average molecular weight is 412 g/mol. The van der Waals surface area contributed by atoms with Crippen LogP contribution in [0.15, 0.2) is 45.6 Å². The van der Waals surface area contributed by atoms with Crippen LogP contribution >= 0.6 is 11.6 Å². The summed E-state index contributed by atoms with van der Waals surface area (Å²) in [6.07, 6.45) is 2.85. The lowest BCUT2D eigenvalue weighted by Gasteiger charge is -2.31. The molecule has 5 heteroatoms. The summed E-state index contributed by atoms with van der Waals surface area (Å²) in [6.45, 7) is 6.61. The van der Waals surface area contributed by atoms with E-state index in [1.54, 1.807) is 6.07 Å². The molecule has 1 aromatic heterocycles. The number of rotatable bonds is 4. The summed E-state index contributed by atoms with van der Waals surface area (Å²) in [5.74, 6) is 0.623. The number of piperidine rings is 1. The molecule has 2 heterocycles. The number of aromatic hydroxyl groups is 1. The molecule has 2 aromatic carbocycles. The second-order valence-electron chi connectivity index (χ2n) is 8.20. The van der Waals surface area contributed by atoms with Crippen LogP contribution in [0.4, 0.5) is 0 Å². The highest BCUT2D eigenvalue weighted by Crippen LogP contribution is 2.37. The number of benzene rings is 2. The van der Waals surface area contributed by atoms with Crippen molar-refractivity contribution >= 4 is 22.6 Å². The summed E-state index contributed by atoms with van der Waals surface area (Å²) in [5, 5.41) is 11.7. The molecule has 0 amide bonds. The largest absolute Gasteiger partial charge is 0.506 e. The van der Waals surface area contributed by atoms with Crippen molar-refractivity contribution in [2.75, 3.05) is 13.1 Å². The van der Waals surface area contributed by atoms with Crippen molar-refractivity contribution < 1.29 is 9.52 Å². The summed E-state index contributed by atoms with van der Waals surface area (Å²) in [5.41, 5.74) is 3.24. The van der Waals surface area contributed by atoms with E-state index in [-0.39, 0.29) is 11.4 Å². The Hall–Kier alpha value is -2.30. The van der Waals surface area contributed by atoms with Crippen LogP contribution in [0.2, 0.25) is 5.02 Å². The fraction of sp³-hybridized carbons (Fsp3) is 0.375. The molecule has 1 aliphatic heterocycles. The molecule has 0 radical (unpaired) electrons. The Balaban J connectivity index is 1.80. The van der Waals surface area contributed by atoms with Gasteiger partial charge in [0.25, 0.3) is 0 Å². The Morgan fingerprint density at radius 3 is 2.72 bits per heavy atom. The van der Waals surface area contributed by atoms with Crippen LogP contribution in [0, 0.1) is 12.8 Å². The van der Waals surface area contributed by atoms with Gasteiger partial charge < -0.3 is 9.52 Å². The molecule has 152 valence electrons. The average Bonchev–Trinajstić information content (AvgIpc) is 2.71. The summed E-state index contributed by atoms with van der Waals surface area (Å²) >= 11 is 6.38. The Labute approximate surface area is 175 Å². The number of phenolic OH excluding ortho intramolecular Hbond substituents is 1. The van der Waals surface area contributed by atoms with E-state index >= 15 is 0 Å². The molecule has 4 rings (SSSR count). The number of aryl methyl sites for hydroxylation is 1. The highest BCUT2D eigenvalue weighted by Gasteiger charge is 2.23. The molecule has 29 heavy (non-hydrogen) atoms. The third-order valence-electron chi connectivity index (χ3n) is 5.95. The molecule has 1 aliphatic rings. The van der Waals surface area contributed by atoms with Crippen molar-refractivity contribution in [3.05, 3.63) is 74.1 Å². The van der Waals surface area contributed by atoms with Crippen LogP contribution in [0.1, 0.15) is 42.0 Å². The van der Waals surface area contributed by atoms with Gasteiger partial charge in [0.2, 0.25) is 0 Å². The standard InChI is InChI=1S/C24H26ClNO3/c1-15-7-6-10-26(13-15)14-20-22(27)21(25)12-18-16(2)19(24(28)29-23(18)20)11-17-8-4-3-5-9-17/h3-5,8-9,12,15,27H,6-7,10-11,13-14H2,1-2H3/t15-/m1/s1. The molecule has 1 N–H and O–H groups in total. The van der Waals surface area contributed by atoms with Crippen LogP contribution in [-0.2, 0) is 13.0 Å². The summed E-state index contributed by atoms with van der Waals surface area (Å²) in [4.78, 5) is 15.2. The molecule has 3 aromatic rings. The molecule has 0 aliphatic carbocycles. The van der Waals surface area contributed by atoms with Crippen molar-refractivity contribution in [1.29, 1.82) is 0 Å². The molecular formula is C24H26ClNO3. The van der Waals surface area contributed by atoms with Gasteiger partial charge >= 0.3 is 5.63 Å². The number of likely N-dealkylation sites (tertiary alicyclic amines) is 1. The van der Waals surface area contributed by atoms with Crippen molar-refractivity contribution in [1.82, 2.24) is 4.90 Å². The maximum atomic E-state index is 12.9. The van der Waals surface area contributed by atoms with Crippen LogP contribution in [0.3, 0.4) is 0 Å². The van der Waals surface area contributed by atoms with E-state index in [1.807, 2.05) is 37.3 Å². The zero-order chi connectivity index (χ0) is 20.5. The van der Waals surface area contributed by atoms with Gasteiger partial charge in [0, 0.05) is 30.5 Å². The predicted molar refractivity (Wildman–Crippen MR) is 117 cm³/mol. The minimum atomic E-state index is -0.353. The molecule has 0 saturated carbocycles. The second kappa shape index (κ2) is 8.21. The van der Waals surface area contributed by atoms with Crippen LogP contribution < -0.4 is 5.63 Å². The lowest BCUT2D eigenvalue weighted by atomic mass is 9.97. The van der Waals surface area contributed by atoms with Gasteiger partial charge in [0.15, 0.2) is 0 Å². The summed E-state index contributed by atoms with van der Waals surface area (Å²) in [7, 11) is 0. The topological polar surface area (TPSA) is 53.7 Å². The first kappa shape index (κ1) is 20.0. The predicted octanol–water partition coefficient (Wildman–Crippen LogP) is 5.28. The zero-order valence-electron chi connectivity index (χ0n) is 16.9. The first-order valence-corrected chi connectivity index (χ1v) is 10.5. The fourth-order valence-corrected chi connectivity index (χ4v) is 4.57. The smallest absolute Gasteiger partial charge is 0.340 e. The Kier molecular flexibility index (Phi) is 5.66. The molecule has 4 nitrogen and oxygen atoms in total. The lowest BCUT2D eigenvalue weighted by molar-refractivity contribution is 0.175. The quantitative estimate of drug-likeness (QED) is 0.593. The number of nitrogens with zero attached hydrogens (tertiary/aromatic N) is 1. The normalized spacial score (nSPS) is 17.7. The molecule has 1 saturated heterocycles. The number of phenols is 1. The van der Waals surface area contributed by atoms with Gasteiger partial charge in [-0.15, -0.1) is 0 Å². The van der Waals surface area contributed by atoms with E-state index in [0.29, 0.717) is 40.6 Å². The van der Waals surface area contributed by atoms with Crippen molar-refractivity contribution in [2.45, 2.75) is 39.7 Å². The van der Waals surface area contributed by atoms with Crippen molar-refractivity contribution in [3.63, 3.8) is 0 Å². The van der Waals surface area contributed by atoms with Gasteiger partial charge in [-0.1, -0.05) is 48.9 Å². The molecule has 0 bridgehead atoms. The summed E-state index contributed by atoms with van der Waals surface area (Å²) in [6, 6.07) is 11.6. The van der Waals surface area contributed by atoms with Crippen molar-refractivity contribution in [2.24, 2.45) is 5.92 Å². The van der Waals surface area contributed by atoms with Gasteiger partial charge in [0.05, 0.1) is 10.6 Å². The van der Waals surface area contributed by atoms with E-state index in [4.69, 9.17) is 16.0 Å². The molecular weight excluding hydrogens is 386 g/mol. The van der Waals surface area contributed by atoms with Crippen LogP contribution in [-0.4, -0.2) is 23.1 Å². The Morgan fingerprint density at radius 1 is 1.24 bits per heavy atom. The van der Waals surface area contributed by atoms with E-state index in [2.05, 4.69) is 11.8 Å². The maximum absolute atomic E-state index is 12.9. The number of halogens is 1. The SMILES string of the molecule is Cc1c(Cc2ccccc2)c(=O)oc2c(CN3CCC[C@@H](C)C3)c(O)c(Cl)cc12.